The molecule has 8 heteroatoms. The van der Waals surface area contributed by atoms with Crippen LogP contribution in [0.5, 0.6) is 0 Å². The topological polar surface area (TPSA) is 80.0 Å². The van der Waals surface area contributed by atoms with Crippen molar-refractivity contribution < 1.29 is 4.79 Å². The van der Waals surface area contributed by atoms with Gasteiger partial charge in [-0.3, -0.25) is 4.79 Å². The van der Waals surface area contributed by atoms with E-state index in [4.69, 9.17) is 17.3 Å². The third kappa shape index (κ3) is 3.17. The van der Waals surface area contributed by atoms with Gasteiger partial charge in [-0.2, -0.15) is 0 Å². The average Bonchev–Trinajstić information content (AvgIpc) is 2.75. The van der Waals surface area contributed by atoms with Crippen molar-refractivity contribution in [1.82, 2.24) is 4.98 Å². The Kier molecular flexibility index (Phi) is 4.28. The van der Waals surface area contributed by atoms with Crippen molar-refractivity contribution in [2.45, 2.75) is 0 Å². The van der Waals surface area contributed by atoms with Gasteiger partial charge in [0, 0.05) is 17.2 Å². The summed E-state index contributed by atoms with van der Waals surface area (Å²) in [4.78, 5) is 16.4. The number of amides is 1. The van der Waals surface area contributed by atoms with Crippen molar-refractivity contribution in [1.29, 1.82) is 0 Å². The van der Waals surface area contributed by atoms with Gasteiger partial charge in [0.05, 0.1) is 5.02 Å². The SMILES string of the molecule is CNc1nc(N)c(C(=O)Nc2ccc(Br)c(Cl)c2)s1. The van der Waals surface area contributed by atoms with Gasteiger partial charge in [0.1, 0.15) is 10.7 Å². The van der Waals surface area contributed by atoms with Crippen LogP contribution < -0.4 is 16.4 Å². The maximum absolute atomic E-state index is 12.1. The number of nitrogens with one attached hydrogen (secondary N) is 2. The number of hydrogen-bond acceptors (Lipinski definition) is 5. The van der Waals surface area contributed by atoms with Crippen LogP contribution in [0.2, 0.25) is 5.02 Å². The van der Waals surface area contributed by atoms with Crippen LogP contribution in [0.15, 0.2) is 22.7 Å². The number of halogens is 2. The second-order valence-corrected chi connectivity index (χ2v) is 5.83. The van der Waals surface area contributed by atoms with Crippen LogP contribution in [-0.4, -0.2) is 17.9 Å². The zero-order valence-electron chi connectivity index (χ0n) is 9.83. The number of nitrogens with two attached hydrogens (primary N) is 1. The minimum atomic E-state index is -0.310. The molecular weight excluding hydrogens is 352 g/mol. The van der Waals surface area contributed by atoms with E-state index in [9.17, 15) is 4.79 Å². The lowest BCUT2D eigenvalue weighted by Crippen LogP contribution is -2.12. The molecule has 0 unspecified atom stereocenters. The third-order valence-electron chi connectivity index (χ3n) is 2.25. The predicted molar refractivity (Wildman–Crippen MR) is 83.2 cm³/mol. The Balaban J connectivity index is 2.20. The molecule has 0 aliphatic carbocycles. The summed E-state index contributed by atoms with van der Waals surface area (Å²) in [6.07, 6.45) is 0. The fourth-order valence-electron chi connectivity index (χ4n) is 1.36. The first-order chi connectivity index (χ1) is 9.01. The second kappa shape index (κ2) is 5.77. The number of benzene rings is 1. The highest BCUT2D eigenvalue weighted by Gasteiger charge is 2.16. The third-order valence-corrected chi connectivity index (χ3v) is 4.57. The molecule has 1 aromatic carbocycles. The Morgan fingerprint density at radius 3 is 2.84 bits per heavy atom. The van der Waals surface area contributed by atoms with E-state index in [0.717, 1.165) is 4.47 Å². The van der Waals surface area contributed by atoms with Crippen LogP contribution in [0.4, 0.5) is 16.6 Å². The van der Waals surface area contributed by atoms with Crippen molar-refractivity contribution >= 4 is 61.4 Å². The van der Waals surface area contributed by atoms with E-state index in [2.05, 4.69) is 31.5 Å². The average molecular weight is 362 g/mol. The van der Waals surface area contributed by atoms with Crippen LogP contribution >= 0.6 is 38.9 Å². The molecule has 2 rings (SSSR count). The normalized spacial score (nSPS) is 10.3. The number of rotatable bonds is 3. The molecular formula is C11H10BrClN4OS. The van der Waals surface area contributed by atoms with Gasteiger partial charge >= 0.3 is 0 Å². The fraction of sp³-hybridized carbons (Fsp3) is 0.0909. The molecule has 0 radical (unpaired) electrons. The number of carbonyl (C=O) groups excluding carboxylic acids is 1. The van der Waals surface area contributed by atoms with Gasteiger partial charge in [-0.1, -0.05) is 22.9 Å². The molecule has 1 aromatic heterocycles. The first-order valence-electron chi connectivity index (χ1n) is 5.21. The highest BCUT2D eigenvalue weighted by atomic mass is 79.9. The van der Waals surface area contributed by atoms with Gasteiger partial charge in [-0.15, -0.1) is 0 Å². The summed E-state index contributed by atoms with van der Waals surface area (Å²) in [6, 6.07) is 5.15. The summed E-state index contributed by atoms with van der Waals surface area (Å²) in [6.45, 7) is 0. The van der Waals surface area contributed by atoms with Gasteiger partial charge in [0.2, 0.25) is 0 Å². The summed E-state index contributed by atoms with van der Waals surface area (Å²) in [5.74, 6) is -0.107. The Bertz CT molecular complexity index is 631. The molecule has 4 N–H and O–H groups in total. The lowest BCUT2D eigenvalue weighted by Gasteiger charge is -2.05. The summed E-state index contributed by atoms with van der Waals surface area (Å²) in [5.41, 5.74) is 6.28. The Morgan fingerprint density at radius 1 is 1.53 bits per heavy atom. The molecule has 0 aliphatic heterocycles. The molecule has 5 nitrogen and oxygen atoms in total. The smallest absolute Gasteiger partial charge is 0.269 e. The van der Waals surface area contributed by atoms with Crippen LogP contribution in [0, 0.1) is 0 Å². The van der Waals surface area contributed by atoms with Crippen molar-refractivity contribution in [2.24, 2.45) is 0 Å². The minimum absolute atomic E-state index is 0.204. The first-order valence-corrected chi connectivity index (χ1v) is 7.20. The number of nitrogen functional groups attached to an aromatic ring is 1. The Hall–Kier alpha value is -1.31. The highest BCUT2D eigenvalue weighted by molar-refractivity contribution is 9.10. The molecule has 2 aromatic rings. The van der Waals surface area contributed by atoms with Crippen LogP contribution in [0.1, 0.15) is 9.67 Å². The number of thiazole rings is 1. The van der Waals surface area contributed by atoms with E-state index >= 15 is 0 Å². The first kappa shape index (κ1) is 14.1. The zero-order chi connectivity index (χ0) is 14.0. The van der Waals surface area contributed by atoms with E-state index in [1.54, 1.807) is 25.2 Å². The molecule has 0 spiro atoms. The summed E-state index contributed by atoms with van der Waals surface area (Å²) in [5, 5.41) is 6.68. The predicted octanol–water partition coefficient (Wildman–Crippen LogP) is 3.44. The van der Waals surface area contributed by atoms with E-state index in [0.29, 0.717) is 20.7 Å². The number of carbonyl (C=O) groups is 1. The maximum atomic E-state index is 12.1. The van der Waals surface area contributed by atoms with Crippen LogP contribution in [0.25, 0.3) is 0 Å². The van der Waals surface area contributed by atoms with Gasteiger partial charge in [-0.25, -0.2) is 4.98 Å². The number of nitrogens with zero attached hydrogens (tertiary/aromatic N) is 1. The second-order valence-electron chi connectivity index (χ2n) is 3.57. The van der Waals surface area contributed by atoms with Crippen LogP contribution in [-0.2, 0) is 0 Å². The fourth-order valence-corrected chi connectivity index (χ4v) is 2.52. The summed E-state index contributed by atoms with van der Waals surface area (Å²) in [7, 11) is 1.72. The molecule has 1 amide bonds. The molecule has 0 saturated carbocycles. The lowest BCUT2D eigenvalue weighted by atomic mass is 10.3. The molecule has 100 valence electrons. The van der Waals surface area contributed by atoms with Gasteiger partial charge in [0.25, 0.3) is 5.91 Å². The molecule has 0 aliphatic rings. The van der Waals surface area contributed by atoms with Crippen molar-refractivity contribution in [3.05, 3.63) is 32.6 Å². The van der Waals surface area contributed by atoms with E-state index in [-0.39, 0.29) is 11.7 Å². The molecule has 19 heavy (non-hydrogen) atoms. The van der Waals surface area contributed by atoms with E-state index in [1.165, 1.54) is 11.3 Å². The zero-order valence-corrected chi connectivity index (χ0v) is 13.0. The maximum Gasteiger partial charge on any atom is 0.269 e. The lowest BCUT2D eigenvalue weighted by molar-refractivity contribution is 0.103. The summed E-state index contributed by atoms with van der Waals surface area (Å²) >= 11 is 10.4. The van der Waals surface area contributed by atoms with E-state index < -0.39 is 0 Å². The quantitative estimate of drug-likeness (QED) is 0.782. The number of aromatic nitrogens is 1. The summed E-state index contributed by atoms with van der Waals surface area (Å²) < 4.78 is 0.766. The molecule has 0 bridgehead atoms. The molecule has 0 fully saturated rings. The highest BCUT2D eigenvalue weighted by Crippen LogP contribution is 2.28. The molecule has 0 atom stereocenters. The van der Waals surface area contributed by atoms with E-state index in [1.807, 2.05) is 0 Å². The molecule has 1 heterocycles. The van der Waals surface area contributed by atoms with Crippen molar-refractivity contribution in [3.8, 4) is 0 Å². The van der Waals surface area contributed by atoms with Crippen molar-refractivity contribution in [3.63, 3.8) is 0 Å². The van der Waals surface area contributed by atoms with Crippen molar-refractivity contribution in [2.75, 3.05) is 23.4 Å². The number of anilines is 3. The van der Waals surface area contributed by atoms with Crippen LogP contribution in [0.3, 0.4) is 0 Å². The Labute approximate surface area is 127 Å². The van der Waals surface area contributed by atoms with Gasteiger partial charge < -0.3 is 16.4 Å². The van der Waals surface area contributed by atoms with Gasteiger partial charge in [-0.05, 0) is 34.1 Å². The largest absolute Gasteiger partial charge is 0.382 e. The monoisotopic (exact) mass is 360 g/mol. The number of hydrogen-bond donors (Lipinski definition) is 3. The standard InChI is InChI=1S/C11H10BrClN4OS/c1-15-11-17-9(14)8(19-11)10(18)16-5-2-3-6(12)7(13)4-5/h2-4H,14H2,1H3,(H,15,17)(H,16,18). The Morgan fingerprint density at radius 2 is 2.26 bits per heavy atom. The molecule has 0 saturated heterocycles. The minimum Gasteiger partial charge on any atom is -0.382 e. The van der Waals surface area contributed by atoms with Gasteiger partial charge in [0.15, 0.2) is 5.13 Å².